The summed E-state index contributed by atoms with van der Waals surface area (Å²) < 4.78 is 6.37. The highest BCUT2D eigenvalue weighted by Crippen LogP contribution is 2.53. The Balaban J connectivity index is 2.00. The van der Waals surface area contributed by atoms with E-state index in [0.29, 0.717) is 18.3 Å². The molecule has 0 aromatic heterocycles. The quantitative estimate of drug-likeness (QED) is 0.610. The summed E-state index contributed by atoms with van der Waals surface area (Å²) in [7, 11) is -1.69. The standard InChI is InChI=1S/C17H30O2Si/c1-7-10-17(18)14-8-9-15(17)13(11-14)12-19-20(5,6)16(2,3)4/h7-9,13-15,18H,1,10-12H2,2-6H3/t13-,14-,15+,17+/m0/s1. The fourth-order valence-corrected chi connectivity index (χ4v) is 4.44. The maximum absolute atomic E-state index is 10.9. The fraction of sp³-hybridized carbons (Fsp3) is 0.765. The lowest BCUT2D eigenvalue weighted by Crippen LogP contribution is -2.43. The average molecular weight is 295 g/mol. The maximum atomic E-state index is 10.9. The lowest BCUT2D eigenvalue weighted by atomic mass is 9.85. The Bertz CT molecular complexity index is 408. The molecular formula is C17H30O2Si. The molecule has 0 aromatic rings. The summed E-state index contributed by atoms with van der Waals surface area (Å²) >= 11 is 0. The van der Waals surface area contributed by atoms with E-state index in [1.165, 1.54) is 0 Å². The van der Waals surface area contributed by atoms with Crippen LogP contribution in [0.4, 0.5) is 0 Å². The molecule has 2 rings (SSSR count). The third-order valence-electron chi connectivity index (χ3n) is 5.77. The van der Waals surface area contributed by atoms with Gasteiger partial charge < -0.3 is 9.53 Å². The molecule has 0 unspecified atom stereocenters. The Morgan fingerprint density at radius 3 is 2.60 bits per heavy atom. The van der Waals surface area contributed by atoms with Crippen LogP contribution in [0.5, 0.6) is 0 Å². The normalized spacial score (nSPS) is 36.6. The zero-order chi connectivity index (χ0) is 15.2. The number of rotatable bonds is 5. The molecule has 0 amide bonds. The summed E-state index contributed by atoms with van der Waals surface area (Å²) in [5.74, 6) is 0.998. The second-order valence-corrected chi connectivity index (χ2v) is 12.9. The Hall–Kier alpha value is -0.383. The predicted molar refractivity (Wildman–Crippen MR) is 87.1 cm³/mol. The SMILES string of the molecule is C=CC[C@]1(O)[C@@H]2C=C[C@H]1C[C@H]2CO[Si](C)(C)C(C)(C)C. The molecule has 1 saturated carbocycles. The lowest BCUT2D eigenvalue weighted by Gasteiger charge is -2.38. The van der Waals surface area contributed by atoms with Crippen LogP contribution in [-0.2, 0) is 4.43 Å². The van der Waals surface area contributed by atoms with Crippen LogP contribution >= 0.6 is 0 Å². The van der Waals surface area contributed by atoms with Gasteiger partial charge in [-0.25, -0.2) is 0 Å². The highest BCUT2D eigenvalue weighted by Gasteiger charge is 2.54. The maximum Gasteiger partial charge on any atom is 0.191 e. The van der Waals surface area contributed by atoms with Gasteiger partial charge in [0.05, 0.1) is 5.60 Å². The van der Waals surface area contributed by atoms with E-state index < -0.39 is 13.9 Å². The largest absolute Gasteiger partial charge is 0.417 e. The van der Waals surface area contributed by atoms with E-state index in [1.807, 2.05) is 6.08 Å². The van der Waals surface area contributed by atoms with Crippen molar-refractivity contribution in [3.8, 4) is 0 Å². The van der Waals surface area contributed by atoms with Crippen LogP contribution in [0.1, 0.15) is 33.6 Å². The number of fused-ring (bicyclic) bond motifs is 2. The zero-order valence-electron chi connectivity index (χ0n) is 13.6. The van der Waals surface area contributed by atoms with Crippen LogP contribution in [-0.4, -0.2) is 25.6 Å². The summed E-state index contributed by atoms with van der Waals surface area (Å²) in [5, 5.41) is 11.1. The summed E-state index contributed by atoms with van der Waals surface area (Å²) in [6, 6.07) is 0. The molecule has 2 aliphatic carbocycles. The highest BCUT2D eigenvalue weighted by atomic mass is 28.4. The van der Waals surface area contributed by atoms with Gasteiger partial charge in [-0.05, 0) is 36.9 Å². The van der Waals surface area contributed by atoms with Crippen LogP contribution in [0, 0.1) is 17.8 Å². The minimum Gasteiger partial charge on any atom is -0.417 e. The summed E-state index contributed by atoms with van der Waals surface area (Å²) in [4.78, 5) is 0. The fourth-order valence-electron chi connectivity index (χ4n) is 3.38. The Labute approximate surface area is 125 Å². The van der Waals surface area contributed by atoms with E-state index in [2.05, 4.69) is 52.6 Å². The number of aliphatic hydroxyl groups is 1. The first kappa shape index (κ1) is 16.0. The molecule has 0 aliphatic heterocycles. The van der Waals surface area contributed by atoms with Crippen molar-refractivity contribution in [3.05, 3.63) is 24.8 Å². The third kappa shape index (κ3) is 2.56. The van der Waals surface area contributed by atoms with Crippen molar-refractivity contribution in [1.29, 1.82) is 0 Å². The first-order valence-corrected chi connectivity index (χ1v) is 10.7. The van der Waals surface area contributed by atoms with Gasteiger partial charge in [0.2, 0.25) is 0 Å². The molecule has 0 spiro atoms. The predicted octanol–water partition coefficient (Wildman–Crippen LogP) is 4.14. The van der Waals surface area contributed by atoms with Crippen molar-refractivity contribution >= 4 is 8.32 Å². The molecule has 1 fully saturated rings. The van der Waals surface area contributed by atoms with Crippen LogP contribution in [0.2, 0.25) is 18.1 Å². The van der Waals surface area contributed by atoms with Gasteiger partial charge in [-0.3, -0.25) is 0 Å². The van der Waals surface area contributed by atoms with Crippen molar-refractivity contribution < 1.29 is 9.53 Å². The average Bonchev–Trinajstić information content (AvgIpc) is 2.76. The minimum absolute atomic E-state index is 0.246. The van der Waals surface area contributed by atoms with E-state index in [9.17, 15) is 5.11 Å². The molecule has 2 nitrogen and oxygen atoms in total. The van der Waals surface area contributed by atoms with E-state index in [4.69, 9.17) is 4.43 Å². The van der Waals surface area contributed by atoms with E-state index in [-0.39, 0.29) is 11.0 Å². The van der Waals surface area contributed by atoms with E-state index >= 15 is 0 Å². The summed E-state index contributed by atoms with van der Waals surface area (Å²) in [6.07, 6.45) is 7.99. The second kappa shape index (κ2) is 5.11. The van der Waals surface area contributed by atoms with Gasteiger partial charge in [0.1, 0.15) is 0 Å². The van der Waals surface area contributed by atoms with Crippen LogP contribution in [0.3, 0.4) is 0 Å². The summed E-state index contributed by atoms with van der Waals surface area (Å²) in [5.41, 5.74) is -0.594. The molecule has 20 heavy (non-hydrogen) atoms. The first-order chi connectivity index (χ1) is 9.12. The van der Waals surface area contributed by atoms with Crippen molar-refractivity contribution in [2.45, 2.75) is 57.3 Å². The minimum atomic E-state index is -1.69. The highest BCUT2D eigenvalue weighted by molar-refractivity contribution is 6.74. The van der Waals surface area contributed by atoms with Crippen LogP contribution in [0.15, 0.2) is 24.8 Å². The molecule has 2 bridgehead atoms. The topological polar surface area (TPSA) is 29.5 Å². The van der Waals surface area contributed by atoms with Gasteiger partial charge in [-0.15, -0.1) is 6.58 Å². The van der Waals surface area contributed by atoms with Crippen molar-refractivity contribution in [2.24, 2.45) is 17.8 Å². The molecule has 4 atom stereocenters. The molecule has 0 heterocycles. The van der Waals surface area contributed by atoms with Gasteiger partial charge >= 0.3 is 0 Å². The summed E-state index contributed by atoms with van der Waals surface area (Å²) in [6.45, 7) is 16.0. The number of hydrogen-bond donors (Lipinski definition) is 1. The first-order valence-electron chi connectivity index (χ1n) is 7.77. The molecule has 0 saturated heterocycles. The van der Waals surface area contributed by atoms with Crippen molar-refractivity contribution in [3.63, 3.8) is 0 Å². The van der Waals surface area contributed by atoms with Crippen LogP contribution < -0.4 is 0 Å². The molecular weight excluding hydrogens is 264 g/mol. The molecule has 3 heteroatoms. The molecule has 0 aromatic carbocycles. The van der Waals surface area contributed by atoms with Crippen molar-refractivity contribution in [2.75, 3.05) is 6.61 Å². The number of hydrogen-bond acceptors (Lipinski definition) is 2. The van der Waals surface area contributed by atoms with Crippen molar-refractivity contribution in [1.82, 2.24) is 0 Å². The Morgan fingerprint density at radius 2 is 2.05 bits per heavy atom. The molecule has 114 valence electrons. The smallest absolute Gasteiger partial charge is 0.191 e. The van der Waals surface area contributed by atoms with Gasteiger partial charge in [-0.2, -0.15) is 0 Å². The van der Waals surface area contributed by atoms with Gasteiger partial charge in [0.15, 0.2) is 8.32 Å². The molecule has 1 N–H and O–H groups in total. The van der Waals surface area contributed by atoms with E-state index in [1.54, 1.807) is 0 Å². The Kier molecular flexibility index (Phi) is 4.09. The molecule has 0 radical (unpaired) electrons. The molecule has 2 aliphatic rings. The third-order valence-corrected chi connectivity index (χ3v) is 10.3. The van der Waals surface area contributed by atoms with Crippen LogP contribution in [0.25, 0.3) is 0 Å². The Morgan fingerprint density at radius 1 is 1.40 bits per heavy atom. The van der Waals surface area contributed by atoms with E-state index in [0.717, 1.165) is 13.0 Å². The lowest BCUT2D eigenvalue weighted by molar-refractivity contribution is -0.00229. The monoisotopic (exact) mass is 294 g/mol. The second-order valence-electron chi connectivity index (χ2n) is 8.07. The zero-order valence-corrected chi connectivity index (χ0v) is 14.6. The van der Waals surface area contributed by atoms with Gasteiger partial charge in [0.25, 0.3) is 0 Å². The van der Waals surface area contributed by atoms with Gasteiger partial charge in [0, 0.05) is 18.4 Å². The van der Waals surface area contributed by atoms with Gasteiger partial charge in [-0.1, -0.05) is 39.0 Å².